The van der Waals surface area contributed by atoms with Crippen molar-refractivity contribution in [2.45, 2.75) is 33.8 Å². The Morgan fingerprint density at radius 1 is 1.25 bits per heavy atom. The number of carbonyl (C=O) groups excluding carboxylic acids is 1. The Morgan fingerprint density at radius 2 is 2.00 bits per heavy atom. The van der Waals surface area contributed by atoms with Crippen LogP contribution >= 0.6 is 0 Å². The summed E-state index contributed by atoms with van der Waals surface area (Å²) in [5.74, 6) is -0.405. The molecular formula is C22H27FN2O3. The van der Waals surface area contributed by atoms with Crippen LogP contribution in [0.5, 0.6) is 5.75 Å². The quantitative estimate of drug-likeness (QED) is 0.350. The smallest absolute Gasteiger partial charge is 0.338 e. The summed E-state index contributed by atoms with van der Waals surface area (Å²) < 4.78 is 24.8. The molecule has 0 aliphatic carbocycles. The van der Waals surface area contributed by atoms with Crippen molar-refractivity contribution in [3.8, 4) is 5.75 Å². The largest absolute Gasteiger partial charge is 0.491 e. The summed E-state index contributed by atoms with van der Waals surface area (Å²) in [5.41, 5.74) is 2.08. The third-order valence-corrected chi connectivity index (χ3v) is 4.20. The Kier molecular flexibility index (Phi) is 7.99. The fraction of sp³-hybridized carbons (Fsp3) is 0.364. The number of halogens is 1. The van der Waals surface area contributed by atoms with Crippen molar-refractivity contribution in [2.75, 3.05) is 20.2 Å². The highest BCUT2D eigenvalue weighted by atomic mass is 19.1. The van der Waals surface area contributed by atoms with Crippen LogP contribution in [-0.4, -0.2) is 37.4 Å². The summed E-state index contributed by atoms with van der Waals surface area (Å²) >= 11 is 0. The molecular weight excluding hydrogens is 359 g/mol. The van der Waals surface area contributed by atoms with E-state index < -0.39 is 11.8 Å². The van der Waals surface area contributed by atoms with E-state index in [9.17, 15) is 9.18 Å². The fourth-order valence-electron chi connectivity index (χ4n) is 2.40. The van der Waals surface area contributed by atoms with Crippen LogP contribution < -0.4 is 4.74 Å². The van der Waals surface area contributed by atoms with Crippen LogP contribution in [0.4, 0.5) is 10.1 Å². The monoisotopic (exact) mass is 386 g/mol. The van der Waals surface area contributed by atoms with Crippen LogP contribution in [0, 0.1) is 12.7 Å². The molecule has 0 aromatic heterocycles. The molecule has 0 spiro atoms. The van der Waals surface area contributed by atoms with Gasteiger partial charge in [0.05, 0.1) is 18.5 Å². The van der Waals surface area contributed by atoms with Crippen LogP contribution in [0.15, 0.2) is 41.4 Å². The van der Waals surface area contributed by atoms with Gasteiger partial charge in [-0.25, -0.2) is 14.2 Å². The summed E-state index contributed by atoms with van der Waals surface area (Å²) in [6.07, 6.45) is 2.56. The number of hydrogen-bond acceptors (Lipinski definition) is 4. The molecule has 0 N–H and O–H groups in total. The third kappa shape index (κ3) is 5.81. The van der Waals surface area contributed by atoms with E-state index in [1.165, 1.54) is 6.07 Å². The average Bonchev–Trinajstić information content (AvgIpc) is 2.70. The van der Waals surface area contributed by atoms with E-state index in [1.807, 2.05) is 32.7 Å². The number of carbonyl (C=O) groups is 1. The van der Waals surface area contributed by atoms with Crippen molar-refractivity contribution >= 4 is 18.0 Å². The highest BCUT2D eigenvalue weighted by molar-refractivity contribution is 5.92. The predicted molar refractivity (Wildman–Crippen MR) is 109 cm³/mol. The van der Waals surface area contributed by atoms with Crippen LogP contribution in [0.25, 0.3) is 0 Å². The number of aliphatic imine (C=N–C) groups is 1. The van der Waals surface area contributed by atoms with Crippen molar-refractivity contribution in [1.82, 2.24) is 4.90 Å². The summed E-state index contributed by atoms with van der Waals surface area (Å²) in [4.78, 5) is 19.0. The molecule has 0 fully saturated rings. The molecule has 6 heteroatoms. The van der Waals surface area contributed by atoms with Gasteiger partial charge in [-0.2, -0.15) is 0 Å². The maximum absolute atomic E-state index is 13.7. The third-order valence-electron chi connectivity index (χ3n) is 4.20. The van der Waals surface area contributed by atoms with Crippen molar-refractivity contribution in [3.05, 3.63) is 58.9 Å². The highest BCUT2D eigenvalue weighted by Gasteiger charge is 2.16. The van der Waals surface area contributed by atoms with Crippen molar-refractivity contribution in [1.29, 1.82) is 0 Å². The highest BCUT2D eigenvalue weighted by Crippen LogP contribution is 2.32. The first-order chi connectivity index (χ1) is 13.5. The maximum Gasteiger partial charge on any atom is 0.338 e. The molecule has 0 aliphatic heterocycles. The van der Waals surface area contributed by atoms with Crippen LogP contribution in [0.3, 0.4) is 0 Å². The molecule has 5 nitrogen and oxygen atoms in total. The van der Waals surface area contributed by atoms with Crippen molar-refractivity contribution in [3.63, 3.8) is 0 Å². The molecule has 0 aliphatic rings. The maximum atomic E-state index is 13.7. The van der Waals surface area contributed by atoms with E-state index >= 15 is 0 Å². The zero-order chi connectivity index (χ0) is 20.5. The lowest BCUT2D eigenvalue weighted by Gasteiger charge is -2.14. The first-order valence-electron chi connectivity index (χ1n) is 9.38. The number of ether oxygens (including phenoxy) is 2. The Labute approximate surface area is 165 Å². The lowest BCUT2D eigenvalue weighted by Crippen LogP contribution is -2.14. The van der Waals surface area contributed by atoms with Gasteiger partial charge in [0.2, 0.25) is 0 Å². The van der Waals surface area contributed by atoms with Gasteiger partial charge in [0, 0.05) is 19.2 Å². The van der Waals surface area contributed by atoms with Gasteiger partial charge in [-0.3, -0.25) is 0 Å². The zero-order valence-corrected chi connectivity index (χ0v) is 16.9. The van der Waals surface area contributed by atoms with E-state index in [1.54, 1.807) is 36.7 Å². The lowest BCUT2D eigenvalue weighted by molar-refractivity contribution is 0.0467. The standard InChI is InChI=1S/C22H27FN2O3/c1-5-11-27-21-13-18(16(3)12-20(21)24-15-25(4)6-2)22(26)28-14-17-9-7-8-10-19(17)23/h7-10,12-13,15H,5-6,11,14H2,1-4H3/b24-15+. The number of benzene rings is 2. The Morgan fingerprint density at radius 3 is 2.68 bits per heavy atom. The van der Waals surface area contributed by atoms with Gasteiger partial charge in [0.15, 0.2) is 0 Å². The minimum absolute atomic E-state index is 0.128. The summed E-state index contributed by atoms with van der Waals surface area (Å²) in [5, 5.41) is 0. The second-order valence-corrected chi connectivity index (χ2v) is 6.47. The molecule has 2 aromatic rings. The summed E-state index contributed by atoms with van der Waals surface area (Å²) in [6, 6.07) is 9.67. The molecule has 0 saturated carbocycles. The number of rotatable bonds is 9. The first kappa shape index (κ1) is 21.4. The first-order valence-corrected chi connectivity index (χ1v) is 9.38. The SMILES string of the molecule is CCCOc1cc(C(=O)OCc2ccccc2F)c(C)cc1/N=C/N(C)CC. The van der Waals surface area contributed by atoms with Crippen LogP contribution in [0.2, 0.25) is 0 Å². The normalized spacial score (nSPS) is 10.9. The predicted octanol–water partition coefficient (Wildman–Crippen LogP) is 4.89. The molecule has 150 valence electrons. The average molecular weight is 386 g/mol. The van der Waals surface area contributed by atoms with E-state index in [0.29, 0.717) is 34.7 Å². The Balaban J connectivity index is 2.24. The van der Waals surface area contributed by atoms with Gasteiger partial charge in [-0.15, -0.1) is 0 Å². The van der Waals surface area contributed by atoms with Crippen molar-refractivity contribution in [2.24, 2.45) is 4.99 Å². The molecule has 0 bridgehead atoms. The zero-order valence-electron chi connectivity index (χ0n) is 16.9. The van der Waals surface area contributed by atoms with Crippen LogP contribution in [-0.2, 0) is 11.3 Å². The Hall–Kier alpha value is -2.89. The molecule has 28 heavy (non-hydrogen) atoms. The topological polar surface area (TPSA) is 51.1 Å². The molecule has 2 rings (SSSR count). The fourth-order valence-corrected chi connectivity index (χ4v) is 2.40. The van der Waals surface area contributed by atoms with Gasteiger partial charge in [-0.1, -0.05) is 25.1 Å². The minimum atomic E-state index is -0.525. The number of aryl methyl sites for hydroxylation is 1. The van der Waals surface area contributed by atoms with Gasteiger partial charge in [0.1, 0.15) is 23.9 Å². The van der Waals surface area contributed by atoms with E-state index in [4.69, 9.17) is 9.47 Å². The number of nitrogens with zero attached hydrogens (tertiary/aromatic N) is 2. The minimum Gasteiger partial charge on any atom is -0.491 e. The Bertz CT molecular complexity index is 837. The molecule has 0 heterocycles. The molecule has 0 unspecified atom stereocenters. The second-order valence-electron chi connectivity index (χ2n) is 6.47. The van der Waals surface area contributed by atoms with Gasteiger partial charge in [-0.05, 0) is 44.0 Å². The van der Waals surface area contributed by atoms with Gasteiger partial charge in [0.25, 0.3) is 0 Å². The van der Waals surface area contributed by atoms with Crippen molar-refractivity contribution < 1.29 is 18.7 Å². The number of hydrogen-bond donors (Lipinski definition) is 0. The summed E-state index contributed by atoms with van der Waals surface area (Å²) in [6.45, 7) is 7.06. The lowest BCUT2D eigenvalue weighted by atomic mass is 10.1. The van der Waals surface area contributed by atoms with Gasteiger partial charge >= 0.3 is 5.97 Å². The molecule has 2 aromatic carbocycles. The molecule has 0 atom stereocenters. The van der Waals surface area contributed by atoms with Gasteiger partial charge < -0.3 is 14.4 Å². The van der Waals surface area contributed by atoms with E-state index in [-0.39, 0.29) is 6.61 Å². The summed E-state index contributed by atoms with van der Waals surface area (Å²) in [7, 11) is 1.93. The molecule has 0 amide bonds. The van der Waals surface area contributed by atoms with E-state index in [0.717, 1.165) is 13.0 Å². The molecule has 0 radical (unpaired) electrons. The second kappa shape index (κ2) is 10.4. The van der Waals surface area contributed by atoms with E-state index in [2.05, 4.69) is 4.99 Å². The molecule has 0 saturated heterocycles. The number of esters is 1. The van der Waals surface area contributed by atoms with Crippen LogP contribution in [0.1, 0.15) is 41.8 Å².